The lowest BCUT2D eigenvalue weighted by molar-refractivity contribution is 0.476. The summed E-state index contributed by atoms with van der Waals surface area (Å²) in [6.07, 6.45) is 0. The van der Waals surface area contributed by atoms with E-state index in [4.69, 9.17) is 0 Å². The Hall–Kier alpha value is -1.51. The largest absolute Gasteiger partial charge is 0.356 e. The van der Waals surface area contributed by atoms with Crippen LogP contribution in [0, 0.1) is 6.92 Å². The first-order chi connectivity index (χ1) is 9.14. The van der Waals surface area contributed by atoms with E-state index in [-0.39, 0.29) is 11.0 Å². The van der Waals surface area contributed by atoms with Gasteiger partial charge < -0.3 is 10.6 Å². The summed E-state index contributed by atoms with van der Waals surface area (Å²) in [6.45, 7) is 13.9. The van der Waals surface area contributed by atoms with E-state index < -0.39 is 0 Å². The highest BCUT2D eigenvalue weighted by Crippen LogP contribution is 2.23. The molecule has 3 nitrogen and oxygen atoms in total. The summed E-state index contributed by atoms with van der Waals surface area (Å²) in [5.74, 6) is 0.846. The average Bonchev–Trinajstić information content (AvgIpc) is 2.33. The predicted octanol–water partition coefficient (Wildman–Crippen LogP) is 3.24. The number of hydrogen-bond acceptors (Lipinski definition) is 1. The molecule has 3 heteroatoms. The van der Waals surface area contributed by atoms with E-state index in [0.717, 1.165) is 12.5 Å². The van der Waals surface area contributed by atoms with Crippen molar-refractivity contribution in [1.29, 1.82) is 0 Å². The lowest BCUT2D eigenvalue weighted by atomic mass is 9.84. The first-order valence-electron chi connectivity index (χ1n) is 7.20. The number of aryl methyl sites for hydroxylation is 1. The van der Waals surface area contributed by atoms with E-state index in [1.165, 1.54) is 11.1 Å². The van der Waals surface area contributed by atoms with Crippen molar-refractivity contribution in [1.82, 2.24) is 10.6 Å². The molecule has 0 heterocycles. The molecule has 20 heavy (non-hydrogen) atoms. The maximum absolute atomic E-state index is 4.28. The van der Waals surface area contributed by atoms with Crippen LogP contribution in [0.5, 0.6) is 0 Å². The topological polar surface area (TPSA) is 36.4 Å². The quantitative estimate of drug-likeness (QED) is 0.656. The van der Waals surface area contributed by atoms with Gasteiger partial charge in [0.1, 0.15) is 0 Å². The Morgan fingerprint density at radius 1 is 1.15 bits per heavy atom. The molecule has 0 fully saturated rings. The zero-order chi connectivity index (χ0) is 15.4. The molecule has 0 unspecified atom stereocenters. The molecule has 0 aliphatic heterocycles. The van der Waals surface area contributed by atoms with Crippen molar-refractivity contribution in [3.63, 3.8) is 0 Å². The van der Waals surface area contributed by atoms with Crippen LogP contribution in [-0.2, 0) is 5.41 Å². The van der Waals surface area contributed by atoms with E-state index in [9.17, 15) is 0 Å². The third kappa shape index (κ3) is 5.24. The number of rotatable bonds is 3. The standard InChI is InChI=1S/C17H29N3/c1-13-9-8-10-14(11-13)17(5,6)12-19-15(18-7)20-16(2,3)4/h8-11H,12H2,1-7H3,(H2,18,19,20). The van der Waals surface area contributed by atoms with Gasteiger partial charge in [0.2, 0.25) is 0 Å². The number of aliphatic imine (C=N–C) groups is 1. The minimum Gasteiger partial charge on any atom is -0.356 e. The maximum atomic E-state index is 4.28. The van der Waals surface area contributed by atoms with Crippen LogP contribution < -0.4 is 10.6 Å². The molecule has 1 aromatic carbocycles. The van der Waals surface area contributed by atoms with Gasteiger partial charge in [-0.1, -0.05) is 43.7 Å². The summed E-state index contributed by atoms with van der Waals surface area (Å²) >= 11 is 0. The zero-order valence-corrected chi connectivity index (χ0v) is 14.0. The molecule has 112 valence electrons. The van der Waals surface area contributed by atoms with Gasteiger partial charge in [0.25, 0.3) is 0 Å². The Morgan fingerprint density at radius 3 is 2.30 bits per heavy atom. The van der Waals surface area contributed by atoms with E-state index in [1.54, 1.807) is 7.05 Å². The molecule has 0 aliphatic rings. The summed E-state index contributed by atoms with van der Waals surface area (Å²) < 4.78 is 0. The van der Waals surface area contributed by atoms with Gasteiger partial charge in [-0.25, -0.2) is 0 Å². The molecule has 1 rings (SSSR count). The van der Waals surface area contributed by atoms with Crippen LogP contribution in [0.1, 0.15) is 45.7 Å². The fourth-order valence-electron chi connectivity index (χ4n) is 2.01. The second-order valence-electron chi connectivity index (χ2n) is 7.05. The second kappa shape index (κ2) is 6.29. The summed E-state index contributed by atoms with van der Waals surface area (Å²) in [5, 5.41) is 6.80. The van der Waals surface area contributed by atoms with Gasteiger partial charge in [0.15, 0.2) is 5.96 Å². The Bertz CT molecular complexity index is 467. The van der Waals surface area contributed by atoms with Crippen LogP contribution in [-0.4, -0.2) is 25.1 Å². The summed E-state index contributed by atoms with van der Waals surface area (Å²) in [7, 11) is 1.81. The lowest BCUT2D eigenvalue weighted by Crippen LogP contribution is -2.50. The van der Waals surface area contributed by atoms with E-state index in [1.807, 2.05) is 0 Å². The number of hydrogen-bond donors (Lipinski definition) is 2. The van der Waals surface area contributed by atoms with Crippen molar-refractivity contribution < 1.29 is 0 Å². The lowest BCUT2D eigenvalue weighted by Gasteiger charge is -2.29. The van der Waals surface area contributed by atoms with Crippen molar-refractivity contribution in [2.24, 2.45) is 4.99 Å². The van der Waals surface area contributed by atoms with Crippen LogP contribution in [0.15, 0.2) is 29.3 Å². The molecular formula is C17H29N3. The summed E-state index contributed by atoms with van der Waals surface area (Å²) in [4.78, 5) is 4.28. The summed E-state index contributed by atoms with van der Waals surface area (Å²) in [6, 6.07) is 8.69. The van der Waals surface area contributed by atoms with Crippen LogP contribution in [0.3, 0.4) is 0 Å². The highest BCUT2D eigenvalue weighted by Gasteiger charge is 2.21. The van der Waals surface area contributed by atoms with Gasteiger partial charge in [-0.15, -0.1) is 0 Å². The first kappa shape index (κ1) is 16.5. The smallest absolute Gasteiger partial charge is 0.191 e. The van der Waals surface area contributed by atoms with Gasteiger partial charge in [-0.3, -0.25) is 4.99 Å². The van der Waals surface area contributed by atoms with E-state index >= 15 is 0 Å². The van der Waals surface area contributed by atoms with Crippen molar-refractivity contribution >= 4 is 5.96 Å². The van der Waals surface area contributed by atoms with E-state index in [2.05, 4.69) is 81.4 Å². The minimum absolute atomic E-state index is 0.00925. The molecule has 0 saturated heterocycles. The molecule has 0 saturated carbocycles. The highest BCUT2D eigenvalue weighted by atomic mass is 15.2. The molecule has 0 radical (unpaired) electrons. The Kier molecular flexibility index (Phi) is 5.21. The zero-order valence-electron chi connectivity index (χ0n) is 14.0. The highest BCUT2D eigenvalue weighted by molar-refractivity contribution is 5.80. The monoisotopic (exact) mass is 275 g/mol. The molecular weight excluding hydrogens is 246 g/mol. The van der Waals surface area contributed by atoms with Crippen LogP contribution >= 0.6 is 0 Å². The number of guanidine groups is 1. The third-order valence-corrected chi connectivity index (χ3v) is 3.21. The predicted molar refractivity (Wildman–Crippen MR) is 88.5 cm³/mol. The first-order valence-corrected chi connectivity index (χ1v) is 7.20. The van der Waals surface area contributed by atoms with Crippen molar-refractivity contribution in [3.8, 4) is 0 Å². The van der Waals surface area contributed by atoms with Crippen LogP contribution in [0.2, 0.25) is 0 Å². The summed E-state index contributed by atoms with van der Waals surface area (Å²) in [5.41, 5.74) is 2.71. The molecule has 2 N–H and O–H groups in total. The Morgan fingerprint density at radius 2 is 1.80 bits per heavy atom. The normalized spacial score (nSPS) is 13.2. The maximum Gasteiger partial charge on any atom is 0.191 e. The molecule has 0 amide bonds. The van der Waals surface area contributed by atoms with Gasteiger partial charge >= 0.3 is 0 Å². The van der Waals surface area contributed by atoms with Crippen molar-refractivity contribution in [2.75, 3.05) is 13.6 Å². The van der Waals surface area contributed by atoms with Gasteiger partial charge in [-0.2, -0.15) is 0 Å². The molecule has 1 aromatic rings. The molecule has 0 bridgehead atoms. The van der Waals surface area contributed by atoms with Gasteiger partial charge in [-0.05, 0) is 33.3 Å². The fourth-order valence-corrected chi connectivity index (χ4v) is 2.01. The third-order valence-electron chi connectivity index (χ3n) is 3.21. The van der Waals surface area contributed by atoms with Crippen molar-refractivity contribution in [3.05, 3.63) is 35.4 Å². The second-order valence-corrected chi connectivity index (χ2v) is 7.05. The Balaban J connectivity index is 2.72. The van der Waals surface area contributed by atoms with Crippen molar-refractivity contribution in [2.45, 2.75) is 52.5 Å². The Labute approximate surface area is 123 Å². The number of benzene rings is 1. The number of nitrogens with one attached hydrogen (secondary N) is 2. The van der Waals surface area contributed by atoms with Crippen LogP contribution in [0.4, 0.5) is 0 Å². The molecule has 0 spiro atoms. The van der Waals surface area contributed by atoms with E-state index in [0.29, 0.717) is 0 Å². The number of nitrogens with zero attached hydrogens (tertiary/aromatic N) is 1. The molecule has 0 aliphatic carbocycles. The fraction of sp³-hybridized carbons (Fsp3) is 0.588. The van der Waals surface area contributed by atoms with Gasteiger partial charge in [0.05, 0.1) is 0 Å². The average molecular weight is 275 g/mol. The van der Waals surface area contributed by atoms with Gasteiger partial charge in [0, 0.05) is 24.5 Å². The van der Waals surface area contributed by atoms with Crippen LogP contribution in [0.25, 0.3) is 0 Å². The minimum atomic E-state index is 0.00925. The SMILES string of the molecule is CN=C(NCC(C)(C)c1cccc(C)c1)NC(C)(C)C. The molecule has 0 atom stereocenters. The molecule has 0 aromatic heterocycles.